The highest BCUT2D eigenvalue weighted by molar-refractivity contribution is 7.93. The Bertz CT molecular complexity index is 1000. The van der Waals surface area contributed by atoms with Gasteiger partial charge < -0.3 is 9.47 Å². The average Bonchev–Trinajstić information content (AvgIpc) is 2.63. The lowest BCUT2D eigenvalue weighted by atomic mass is 9.89. The summed E-state index contributed by atoms with van der Waals surface area (Å²) in [7, 11) is -4.04. The number of hydrogen-bond acceptors (Lipinski definition) is 5. The number of halogens is 3. The summed E-state index contributed by atoms with van der Waals surface area (Å²) in [5.74, 6) is 0.198. The molecule has 0 saturated carbocycles. The van der Waals surface area contributed by atoms with Gasteiger partial charge in [0, 0.05) is 5.69 Å². The van der Waals surface area contributed by atoms with Gasteiger partial charge in [-0.15, -0.1) is 0 Å². The lowest BCUT2D eigenvalue weighted by Crippen LogP contribution is -2.30. The van der Waals surface area contributed by atoms with Gasteiger partial charge in [0.05, 0.1) is 25.2 Å². The van der Waals surface area contributed by atoms with Crippen molar-refractivity contribution in [3.05, 3.63) is 53.6 Å². The number of sulfonamides is 1. The molecular formula is C18H16F3NO5S. The number of fused-ring (bicyclic) bond motifs is 1. The van der Waals surface area contributed by atoms with Crippen LogP contribution in [0.2, 0.25) is 0 Å². The summed E-state index contributed by atoms with van der Waals surface area (Å²) in [5.41, 5.74) is -4.79. The van der Waals surface area contributed by atoms with Gasteiger partial charge in [-0.1, -0.05) is 12.1 Å². The minimum absolute atomic E-state index is 0.108. The molecule has 28 heavy (non-hydrogen) atoms. The first kappa shape index (κ1) is 20.0. The molecule has 0 fully saturated rings. The predicted molar refractivity (Wildman–Crippen MR) is 95.1 cm³/mol. The molecular weight excluding hydrogens is 399 g/mol. The number of ether oxygens (including phenoxy) is 2. The van der Waals surface area contributed by atoms with E-state index in [0.717, 1.165) is 0 Å². The van der Waals surface area contributed by atoms with Gasteiger partial charge >= 0.3 is 15.5 Å². The second-order valence-corrected chi connectivity index (χ2v) is 7.86. The summed E-state index contributed by atoms with van der Waals surface area (Å²) in [5, 5.41) is 0. The SMILES string of the molecule is COc1ccc2c(c1)C(=O)C(Cc1cccc(NS(=O)(=O)C(F)(F)F)c1)CO2. The van der Waals surface area contributed by atoms with E-state index in [1.165, 1.54) is 30.0 Å². The van der Waals surface area contributed by atoms with Crippen LogP contribution in [0.15, 0.2) is 42.5 Å². The van der Waals surface area contributed by atoms with E-state index in [1.807, 2.05) is 0 Å². The maximum atomic E-state index is 12.7. The van der Waals surface area contributed by atoms with E-state index in [0.29, 0.717) is 22.6 Å². The summed E-state index contributed by atoms with van der Waals surface area (Å²) in [6, 6.07) is 10.3. The molecule has 0 bridgehead atoms. The highest BCUT2D eigenvalue weighted by Crippen LogP contribution is 2.32. The van der Waals surface area contributed by atoms with Crippen LogP contribution in [0.1, 0.15) is 15.9 Å². The lowest BCUT2D eigenvalue weighted by molar-refractivity contribution is -0.0429. The van der Waals surface area contributed by atoms with Gasteiger partial charge in [-0.05, 0) is 42.3 Å². The number of carbonyl (C=O) groups is 1. The fourth-order valence-electron chi connectivity index (χ4n) is 2.85. The first-order valence-corrected chi connectivity index (χ1v) is 9.62. The van der Waals surface area contributed by atoms with Crippen molar-refractivity contribution in [1.82, 2.24) is 0 Å². The Morgan fingerprint density at radius 1 is 1.21 bits per heavy atom. The Kier molecular flexibility index (Phi) is 5.24. The molecule has 0 amide bonds. The smallest absolute Gasteiger partial charge is 0.497 e. The summed E-state index contributed by atoms with van der Waals surface area (Å²) >= 11 is 0. The summed E-state index contributed by atoms with van der Waals surface area (Å²) in [6.07, 6.45) is 0.178. The van der Waals surface area contributed by atoms with E-state index in [-0.39, 0.29) is 24.5 Å². The number of rotatable bonds is 5. The normalized spacial score (nSPS) is 16.9. The molecule has 1 atom stereocenters. The summed E-state index contributed by atoms with van der Waals surface area (Å²) in [4.78, 5) is 12.7. The minimum Gasteiger partial charge on any atom is -0.497 e. The molecule has 0 spiro atoms. The first-order valence-electron chi connectivity index (χ1n) is 8.14. The fraction of sp³-hybridized carbons (Fsp3) is 0.278. The molecule has 1 aliphatic rings. The summed E-state index contributed by atoms with van der Waals surface area (Å²) < 4.78 is 72.3. The minimum atomic E-state index is -5.51. The number of alkyl halides is 3. The van der Waals surface area contributed by atoms with Crippen molar-refractivity contribution in [3.8, 4) is 11.5 Å². The molecule has 1 unspecified atom stereocenters. The molecule has 0 radical (unpaired) electrons. The van der Waals surface area contributed by atoms with Crippen LogP contribution >= 0.6 is 0 Å². The Labute approximate surface area is 159 Å². The van der Waals surface area contributed by atoms with Crippen LogP contribution in [0.3, 0.4) is 0 Å². The van der Waals surface area contributed by atoms with Crippen molar-refractivity contribution in [3.63, 3.8) is 0 Å². The van der Waals surface area contributed by atoms with Crippen molar-refractivity contribution < 1.29 is 35.9 Å². The van der Waals surface area contributed by atoms with E-state index >= 15 is 0 Å². The molecule has 1 N–H and O–H groups in total. The molecule has 1 aliphatic heterocycles. The zero-order valence-corrected chi connectivity index (χ0v) is 15.4. The number of nitrogens with one attached hydrogen (secondary N) is 1. The second-order valence-electron chi connectivity index (χ2n) is 6.19. The number of anilines is 1. The Balaban J connectivity index is 1.78. The molecule has 2 aromatic carbocycles. The quantitative estimate of drug-likeness (QED) is 0.810. The molecule has 6 nitrogen and oxygen atoms in total. The van der Waals surface area contributed by atoms with Crippen LogP contribution in [0.25, 0.3) is 0 Å². The van der Waals surface area contributed by atoms with Crippen molar-refractivity contribution in [2.24, 2.45) is 5.92 Å². The zero-order valence-electron chi connectivity index (χ0n) is 14.6. The molecule has 0 aliphatic carbocycles. The Morgan fingerprint density at radius 3 is 2.64 bits per heavy atom. The standard InChI is InChI=1S/C18H16F3NO5S/c1-26-14-5-6-16-15(9-14)17(23)12(10-27-16)7-11-3-2-4-13(8-11)22-28(24,25)18(19,20)21/h2-6,8-9,12,22H,7,10H2,1H3. The third-order valence-electron chi connectivity index (χ3n) is 4.23. The van der Waals surface area contributed by atoms with Crippen molar-refractivity contribution in [2.75, 3.05) is 18.4 Å². The third-order valence-corrected chi connectivity index (χ3v) is 5.34. The molecule has 0 aromatic heterocycles. The van der Waals surface area contributed by atoms with Crippen LogP contribution < -0.4 is 14.2 Å². The van der Waals surface area contributed by atoms with Crippen LogP contribution in [-0.2, 0) is 16.4 Å². The van der Waals surface area contributed by atoms with Crippen molar-refractivity contribution >= 4 is 21.5 Å². The van der Waals surface area contributed by atoms with Gasteiger partial charge in [-0.2, -0.15) is 21.6 Å². The zero-order chi connectivity index (χ0) is 20.5. The molecule has 2 aromatic rings. The number of benzene rings is 2. The fourth-order valence-corrected chi connectivity index (χ4v) is 3.40. The van der Waals surface area contributed by atoms with E-state index in [4.69, 9.17) is 9.47 Å². The van der Waals surface area contributed by atoms with Gasteiger partial charge in [0.1, 0.15) is 11.5 Å². The van der Waals surface area contributed by atoms with Crippen molar-refractivity contribution in [2.45, 2.75) is 11.9 Å². The Hall–Kier alpha value is -2.75. The van der Waals surface area contributed by atoms with Crippen LogP contribution in [0.5, 0.6) is 11.5 Å². The number of ketones is 1. The molecule has 150 valence electrons. The van der Waals surface area contributed by atoms with Gasteiger partial charge in [-0.25, -0.2) is 0 Å². The molecule has 0 saturated heterocycles. The van der Waals surface area contributed by atoms with Crippen LogP contribution in [-0.4, -0.2) is 33.4 Å². The maximum Gasteiger partial charge on any atom is 0.516 e. The van der Waals surface area contributed by atoms with Crippen LogP contribution in [0.4, 0.5) is 18.9 Å². The van der Waals surface area contributed by atoms with E-state index in [9.17, 15) is 26.4 Å². The maximum absolute atomic E-state index is 12.7. The van der Waals surface area contributed by atoms with E-state index in [2.05, 4.69) is 0 Å². The Morgan fingerprint density at radius 2 is 1.96 bits per heavy atom. The highest BCUT2D eigenvalue weighted by Gasteiger charge is 2.46. The van der Waals surface area contributed by atoms with E-state index < -0.39 is 21.4 Å². The number of methoxy groups -OCH3 is 1. The van der Waals surface area contributed by atoms with Gasteiger partial charge in [0.25, 0.3) is 0 Å². The number of Topliss-reactive ketones (excluding diaryl/α,β-unsaturated/α-hetero) is 1. The highest BCUT2D eigenvalue weighted by atomic mass is 32.2. The second kappa shape index (κ2) is 7.34. The van der Waals surface area contributed by atoms with Crippen molar-refractivity contribution in [1.29, 1.82) is 0 Å². The lowest BCUT2D eigenvalue weighted by Gasteiger charge is -2.24. The summed E-state index contributed by atoms with van der Waals surface area (Å²) in [6.45, 7) is 0.108. The third kappa shape index (κ3) is 4.06. The molecule has 3 rings (SSSR count). The van der Waals surface area contributed by atoms with Gasteiger partial charge in [0.2, 0.25) is 0 Å². The first-order chi connectivity index (χ1) is 13.1. The largest absolute Gasteiger partial charge is 0.516 e. The topological polar surface area (TPSA) is 81.7 Å². The monoisotopic (exact) mass is 415 g/mol. The number of carbonyl (C=O) groups excluding carboxylic acids is 1. The van der Waals surface area contributed by atoms with Crippen LogP contribution in [0, 0.1) is 5.92 Å². The van der Waals surface area contributed by atoms with E-state index in [1.54, 1.807) is 24.3 Å². The predicted octanol–water partition coefficient (Wildman–Crippen LogP) is 3.39. The van der Waals surface area contributed by atoms with Gasteiger partial charge in [0.15, 0.2) is 5.78 Å². The molecule has 10 heteroatoms. The molecule has 1 heterocycles. The van der Waals surface area contributed by atoms with Gasteiger partial charge in [-0.3, -0.25) is 9.52 Å². The average molecular weight is 415 g/mol. The number of hydrogen-bond donors (Lipinski definition) is 1.